The Balaban J connectivity index is 1.79. The van der Waals surface area contributed by atoms with E-state index in [0.717, 1.165) is 35.3 Å². The first kappa shape index (κ1) is 18.4. The highest BCUT2D eigenvalue weighted by atomic mass is 19.3. The first-order chi connectivity index (χ1) is 12.6. The molecule has 1 aliphatic rings. The van der Waals surface area contributed by atoms with Gasteiger partial charge in [-0.25, -0.2) is 8.78 Å². The summed E-state index contributed by atoms with van der Waals surface area (Å²) in [6, 6.07) is 16.0. The predicted octanol–water partition coefficient (Wildman–Crippen LogP) is 6.16. The van der Waals surface area contributed by atoms with Crippen LogP contribution in [-0.4, -0.2) is 13.0 Å². The molecule has 1 fully saturated rings. The van der Waals surface area contributed by atoms with Crippen LogP contribution in [0.5, 0.6) is 5.75 Å². The first-order valence-electron chi connectivity index (χ1n) is 9.17. The fourth-order valence-corrected chi connectivity index (χ4v) is 3.78. The molecule has 0 heterocycles. The van der Waals surface area contributed by atoms with Crippen molar-refractivity contribution < 1.29 is 13.5 Å². The third-order valence-electron chi connectivity index (χ3n) is 5.24. The van der Waals surface area contributed by atoms with E-state index < -0.39 is 12.3 Å². The summed E-state index contributed by atoms with van der Waals surface area (Å²) in [4.78, 5) is 0. The highest BCUT2D eigenvalue weighted by Gasteiger charge is 2.29. The van der Waals surface area contributed by atoms with Crippen molar-refractivity contribution in [2.75, 3.05) is 6.61 Å². The van der Waals surface area contributed by atoms with Crippen molar-refractivity contribution in [3.63, 3.8) is 0 Å². The maximum atomic E-state index is 12.9. The number of rotatable bonds is 5. The van der Waals surface area contributed by atoms with Crippen LogP contribution in [0.3, 0.4) is 0 Å². The van der Waals surface area contributed by atoms with Gasteiger partial charge in [0.15, 0.2) is 0 Å². The lowest BCUT2D eigenvalue weighted by atomic mass is 9.77. The second-order valence-corrected chi connectivity index (χ2v) is 6.82. The summed E-state index contributed by atoms with van der Waals surface area (Å²) in [6.45, 7) is 2.57. The lowest BCUT2D eigenvalue weighted by Crippen LogP contribution is -2.19. The van der Waals surface area contributed by atoms with Gasteiger partial charge in [0.1, 0.15) is 5.75 Å². The largest absolute Gasteiger partial charge is 0.494 e. The Morgan fingerprint density at radius 2 is 1.69 bits per heavy atom. The zero-order valence-corrected chi connectivity index (χ0v) is 14.9. The standard InChI is InChI=1S/C22H23F2NO/c1-2-26-20-10-7-15(8-11-20)18-9-12-21(19(13-18)14-25)16-3-5-17(6-4-16)22(23)24/h7-13,16-17,22H,2-6H2,1H3. The van der Waals surface area contributed by atoms with Crippen molar-refractivity contribution in [2.24, 2.45) is 5.92 Å². The molecule has 0 amide bonds. The number of halogens is 2. The molecule has 2 nitrogen and oxygen atoms in total. The number of ether oxygens (including phenoxy) is 1. The van der Waals surface area contributed by atoms with Crippen LogP contribution >= 0.6 is 0 Å². The second kappa shape index (κ2) is 8.31. The number of nitriles is 1. The van der Waals surface area contributed by atoms with Gasteiger partial charge in [-0.1, -0.05) is 24.3 Å². The Bertz CT molecular complexity index is 772. The molecule has 3 rings (SSSR count). The summed E-state index contributed by atoms with van der Waals surface area (Å²) in [5.41, 5.74) is 3.65. The van der Waals surface area contributed by atoms with Crippen molar-refractivity contribution in [3.05, 3.63) is 53.6 Å². The van der Waals surface area contributed by atoms with E-state index in [2.05, 4.69) is 6.07 Å². The number of alkyl halides is 2. The summed E-state index contributed by atoms with van der Waals surface area (Å²) in [5, 5.41) is 9.58. The average molecular weight is 355 g/mol. The summed E-state index contributed by atoms with van der Waals surface area (Å²) in [5.74, 6) is 0.540. The molecule has 0 atom stereocenters. The monoisotopic (exact) mass is 355 g/mol. The molecule has 0 radical (unpaired) electrons. The van der Waals surface area contributed by atoms with Gasteiger partial charge in [0.25, 0.3) is 0 Å². The highest BCUT2D eigenvalue weighted by Crippen LogP contribution is 2.40. The Morgan fingerprint density at radius 3 is 2.27 bits per heavy atom. The van der Waals surface area contributed by atoms with Gasteiger partial charge >= 0.3 is 0 Å². The lowest BCUT2D eigenvalue weighted by Gasteiger charge is -2.28. The van der Waals surface area contributed by atoms with E-state index in [1.54, 1.807) is 0 Å². The van der Waals surface area contributed by atoms with Crippen LogP contribution in [0, 0.1) is 17.2 Å². The van der Waals surface area contributed by atoms with Crippen molar-refractivity contribution in [2.45, 2.75) is 45.0 Å². The lowest BCUT2D eigenvalue weighted by molar-refractivity contribution is 0.0528. The molecule has 136 valence electrons. The number of benzene rings is 2. The molecule has 2 aromatic rings. The maximum Gasteiger partial charge on any atom is 0.241 e. The minimum Gasteiger partial charge on any atom is -0.494 e. The van der Waals surface area contributed by atoms with Crippen molar-refractivity contribution in [3.8, 4) is 22.9 Å². The van der Waals surface area contributed by atoms with E-state index in [0.29, 0.717) is 25.0 Å². The summed E-state index contributed by atoms with van der Waals surface area (Å²) < 4.78 is 31.2. The van der Waals surface area contributed by atoms with Gasteiger partial charge in [-0.05, 0) is 73.4 Å². The first-order valence-corrected chi connectivity index (χ1v) is 9.17. The molecule has 2 aromatic carbocycles. The van der Waals surface area contributed by atoms with Crippen LogP contribution in [0.15, 0.2) is 42.5 Å². The molecule has 0 spiro atoms. The van der Waals surface area contributed by atoms with E-state index in [-0.39, 0.29) is 5.92 Å². The molecule has 1 saturated carbocycles. The predicted molar refractivity (Wildman–Crippen MR) is 98.5 cm³/mol. The number of hydrogen-bond acceptors (Lipinski definition) is 2. The van der Waals surface area contributed by atoms with Gasteiger partial charge in [0, 0.05) is 5.92 Å². The van der Waals surface area contributed by atoms with Crippen LogP contribution < -0.4 is 4.74 Å². The molecule has 0 saturated heterocycles. The van der Waals surface area contributed by atoms with Crippen LogP contribution in [0.25, 0.3) is 11.1 Å². The van der Waals surface area contributed by atoms with Crippen molar-refractivity contribution >= 4 is 0 Å². The molecule has 0 bridgehead atoms. The van der Waals surface area contributed by atoms with Gasteiger partial charge in [-0.3, -0.25) is 0 Å². The minimum atomic E-state index is -2.23. The van der Waals surface area contributed by atoms with Gasteiger partial charge in [0.05, 0.1) is 18.2 Å². The van der Waals surface area contributed by atoms with E-state index >= 15 is 0 Å². The second-order valence-electron chi connectivity index (χ2n) is 6.82. The molecule has 0 aromatic heterocycles. The molecular formula is C22H23F2NO. The third-order valence-corrected chi connectivity index (χ3v) is 5.24. The normalized spacial score (nSPS) is 20.0. The fraction of sp³-hybridized carbons (Fsp3) is 0.409. The molecule has 0 aliphatic heterocycles. The molecule has 0 N–H and O–H groups in total. The summed E-state index contributed by atoms with van der Waals surface area (Å²) in [7, 11) is 0. The van der Waals surface area contributed by atoms with Gasteiger partial charge in [-0.2, -0.15) is 5.26 Å². The van der Waals surface area contributed by atoms with Crippen molar-refractivity contribution in [1.29, 1.82) is 5.26 Å². The summed E-state index contributed by atoms with van der Waals surface area (Å²) in [6.07, 6.45) is 0.299. The van der Waals surface area contributed by atoms with E-state index in [1.165, 1.54) is 0 Å². The minimum absolute atomic E-state index is 0.203. The highest BCUT2D eigenvalue weighted by molar-refractivity contribution is 5.67. The quantitative estimate of drug-likeness (QED) is 0.643. The Hall–Kier alpha value is -2.41. The number of nitrogens with zero attached hydrogens (tertiary/aromatic N) is 1. The average Bonchev–Trinajstić information content (AvgIpc) is 2.68. The Kier molecular flexibility index (Phi) is 5.88. The molecule has 4 heteroatoms. The van der Waals surface area contributed by atoms with Crippen molar-refractivity contribution in [1.82, 2.24) is 0 Å². The Labute approximate surface area is 153 Å². The molecule has 26 heavy (non-hydrogen) atoms. The maximum absolute atomic E-state index is 12.9. The van der Waals surface area contributed by atoms with Gasteiger partial charge < -0.3 is 4.74 Å². The topological polar surface area (TPSA) is 33.0 Å². The third kappa shape index (κ3) is 4.04. The van der Waals surface area contributed by atoms with E-state index in [1.807, 2.05) is 49.4 Å². The molecular weight excluding hydrogens is 332 g/mol. The van der Waals surface area contributed by atoms with E-state index in [4.69, 9.17) is 4.74 Å². The van der Waals surface area contributed by atoms with Crippen LogP contribution in [0.4, 0.5) is 8.78 Å². The zero-order chi connectivity index (χ0) is 18.5. The van der Waals surface area contributed by atoms with Crippen LogP contribution in [0.1, 0.15) is 49.7 Å². The molecule has 1 aliphatic carbocycles. The zero-order valence-electron chi connectivity index (χ0n) is 14.9. The smallest absolute Gasteiger partial charge is 0.241 e. The van der Waals surface area contributed by atoms with Gasteiger partial charge in [0.2, 0.25) is 6.43 Å². The SMILES string of the molecule is CCOc1ccc(-c2ccc(C3CCC(C(F)F)CC3)c(C#N)c2)cc1. The summed E-state index contributed by atoms with van der Waals surface area (Å²) >= 11 is 0. The fourth-order valence-electron chi connectivity index (χ4n) is 3.78. The Morgan fingerprint density at radius 1 is 1.04 bits per heavy atom. The number of hydrogen-bond donors (Lipinski definition) is 0. The molecule has 0 unspecified atom stereocenters. The van der Waals surface area contributed by atoms with E-state index in [9.17, 15) is 14.0 Å². The van der Waals surface area contributed by atoms with Crippen LogP contribution in [-0.2, 0) is 0 Å². The van der Waals surface area contributed by atoms with Gasteiger partial charge in [-0.15, -0.1) is 0 Å². The van der Waals surface area contributed by atoms with Crippen LogP contribution in [0.2, 0.25) is 0 Å².